The van der Waals surface area contributed by atoms with Crippen molar-refractivity contribution in [1.82, 2.24) is 15.0 Å². The first-order valence-corrected chi connectivity index (χ1v) is 5.44. The fraction of sp³-hybridized carbons (Fsp3) is 0.250. The van der Waals surface area contributed by atoms with Crippen molar-refractivity contribution in [1.29, 1.82) is 0 Å². The molecule has 0 amide bonds. The molecule has 0 aromatic carbocycles. The van der Waals surface area contributed by atoms with E-state index < -0.39 is 0 Å². The second-order valence-corrected chi connectivity index (χ2v) is 3.79. The molecule has 0 atom stereocenters. The van der Waals surface area contributed by atoms with Gasteiger partial charge in [0.05, 0.1) is 12.4 Å². The van der Waals surface area contributed by atoms with E-state index in [0.29, 0.717) is 5.82 Å². The minimum atomic E-state index is 0.437. The molecule has 5 heteroatoms. The lowest BCUT2D eigenvalue weighted by molar-refractivity contribution is 0.835. The van der Waals surface area contributed by atoms with Gasteiger partial charge < -0.3 is 10.6 Å². The van der Waals surface area contributed by atoms with Crippen molar-refractivity contribution in [2.45, 2.75) is 6.42 Å². The van der Waals surface area contributed by atoms with E-state index in [1.165, 1.54) is 0 Å². The molecular formula is C12H15N5. The Morgan fingerprint density at radius 2 is 2.06 bits per heavy atom. The number of nitrogens with two attached hydrogens (primary N) is 1. The Morgan fingerprint density at radius 1 is 1.18 bits per heavy atom. The number of hydrogen-bond acceptors (Lipinski definition) is 5. The molecule has 0 spiro atoms. The molecule has 5 nitrogen and oxygen atoms in total. The van der Waals surface area contributed by atoms with Crippen LogP contribution in [0.25, 0.3) is 0 Å². The first-order chi connectivity index (χ1) is 8.25. The highest BCUT2D eigenvalue weighted by molar-refractivity contribution is 5.38. The zero-order valence-corrected chi connectivity index (χ0v) is 9.74. The number of pyridine rings is 1. The van der Waals surface area contributed by atoms with E-state index in [1.807, 2.05) is 30.1 Å². The third-order valence-electron chi connectivity index (χ3n) is 2.48. The fourth-order valence-corrected chi connectivity index (χ4v) is 1.47. The normalized spacial score (nSPS) is 10.2. The quantitative estimate of drug-likeness (QED) is 0.851. The summed E-state index contributed by atoms with van der Waals surface area (Å²) in [7, 11) is 1.98. The monoisotopic (exact) mass is 229 g/mol. The van der Waals surface area contributed by atoms with Gasteiger partial charge in [0.1, 0.15) is 11.6 Å². The summed E-state index contributed by atoms with van der Waals surface area (Å²) in [6.45, 7) is 0.843. The second-order valence-electron chi connectivity index (χ2n) is 3.79. The topological polar surface area (TPSA) is 67.9 Å². The van der Waals surface area contributed by atoms with E-state index in [0.717, 1.165) is 24.5 Å². The summed E-state index contributed by atoms with van der Waals surface area (Å²) in [6, 6.07) is 5.92. The van der Waals surface area contributed by atoms with E-state index in [9.17, 15) is 0 Å². The van der Waals surface area contributed by atoms with Crippen LogP contribution in [0.15, 0.2) is 36.8 Å². The van der Waals surface area contributed by atoms with Crippen LogP contribution in [-0.2, 0) is 6.42 Å². The number of nitrogens with zero attached hydrogens (tertiary/aromatic N) is 4. The molecule has 0 radical (unpaired) electrons. The maximum absolute atomic E-state index is 5.49. The van der Waals surface area contributed by atoms with Gasteiger partial charge in [-0.1, -0.05) is 6.07 Å². The molecule has 0 aliphatic rings. The van der Waals surface area contributed by atoms with Gasteiger partial charge in [0.2, 0.25) is 0 Å². The molecule has 0 bridgehead atoms. The summed E-state index contributed by atoms with van der Waals surface area (Å²) >= 11 is 0. The maximum atomic E-state index is 5.49. The Balaban J connectivity index is 1.93. The van der Waals surface area contributed by atoms with Crippen LogP contribution in [0, 0.1) is 0 Å². The molecule has 2 aromatic heterocycles. The van der Waals surface area contributed by atoms with Gasteiger partial charge in [-0.15, -0.1) is 0 Å². The predicted molar refractivity (Wildman–Crippen MR) is 67.7 cm³/mol. The zero-order chi connectivity index (χ0) is 12.1. The summed E-state index contributed by atoms with van der Waals surface area (Å²) in [5.74, 6) is 1.25. The number of nitrogen functional groups attached to an aromatic ring is 1. The summed E-state index contributed by atoms with van der Waals surface area (Å²) < 4.78 is 0. The summed E-state index contributed by atoms with van der Waals surface area (Å²) in [5, 5.41) is 0. The van der Waals surface area contributed by atoms with E-state index in [4.69, 9.17) is 5.73 Å². The minimum absolute atomic E-state index is 0.437. The molecular weight excluding hydrogens is 214 g/mol. The summed E-state index contributed by atoms with van der Waals surface area (Å²) in [4.78, 5) is 14.5. The van der Waals surface area contributed by atoms with E-state index in [2.05, 4.69) is 15.0 Å². The van der Waals surface area contributed by atoms with Crippen molar-refractivity contribution in [3.63, 3.8) is 0 Å². The van der Waals surface area contributed by atoms with Crippen LogP contribution in [-0.4, -0.2) is 28.5 Å². The molecule has 88 valence electrons. The van der Waals surface area contributed by atoms with Crippen LogP contribution in [0.5, 0.6) is 0 Å². The fourth-order valence-electron chi connectivity index (χ4n) is 1.47. The molecule has 0 unspecified atom stereocenters. The molecule has 2 N–H and O–H groups in total. The average molecular weight is 229 g/mol. The Hall–Kier alpha value is -2.17. The highest BCUT2D eigenvalue weighted by atomic mass is 15.2. The molecule has 2 heterocycles. The molecule has 0 aliphatic heterocycles. The molecule has 0 aliphatic carbocycles. The lowest BCUT2D eigenvalue weighted by atomic mass is 10.2. The number of hydrogen-bond donors (Lipinski definition) is 1. The summed E-state index contributed by atoms with van der Waals surface area (Å²) in [5.41, 5.74) is 6.56. The van der Waals surface area contributed by atoms with Gasteiger partial charge in [0.25, 0.3) is 0 Å². The number of rotatable bonds is 4. The first kappa shape index (κ1) is 11.3. The third kappa shape index (κ3) is 3.14. The SMILES string of the molecule is CN(CCc1ccccn1)c1cnc(N)cn1. The van der Waals surface area contributed by atoms with Crippen molar-refractivity contribution in [2.75, 3.05) is 24.2 Å². The van der Waals surface area contributed by atoms with Gasteiger partial charge in [0.15, 0.2) is 0 Å². The van der Waals surface area contributed by atoms with Crippen molar-refractivity contribution in [3.05, 3.63) is 42.5 Å². The smallest absolute Gasteiger partial charge is 0.146 e. The maximum Gasteiger partial charge on any atom is 0.146 e. The lowest BCUT2D eigenvalue weighted by Gasteiger charge is -2.17. The van der Waals surface area contributed by atoms with E-state index in [-0.39, 0.29) is 0 Å². The van der Waals surface area contributed by atoms with E-state index in [1.54, 1.807) is 18.6 Å². The van der Waals surface area contributed by atoms with Crippen molar-refractivity contribution in [2.24, 2.45) is 0 Å². The third-order valence-corrected chi connectivity index (χ3v) is 2.48. The van der Waals surface area contributed by atoms with Crippen LogP contribution < -0.4 is 10.6 Å². The van der Waals surface area contributed by atoms with Gasteiger partial charge in [-0.05, 0) is 12.1 Å². The number of aromatic nitrogens is 3. The van der Waals surface area contributed by atoms with Crippen LogP contribution in [0.2, 0.25) is 0 Å². The molecule has 0 saturated heterocycles. The van der Waals surface area contributed by atoms with Crippen LogP contribution in [0.4, 0.5) is 11.6 Å². The van der Waals surface area contributed by atoms with Crippen molar-refractivity contribution in [3.8, 4) is 0 Å². The molecule has 17 heavy (non-hydrogen) atoms. The Morgan fingerprint density at radius 3 is 2.71 bits per heavy atom. The predicted octanol–water partition coefficient (Wildman–Crippen LogP) is 1.13. The van der Waals surface area contributed by atoms with Gasteiger partial charge in [0, 0.05) is 31.9 Å². The van der Waals surface area contributed by atoms with Crippen LogP contribution in [0.1, 0.15) is 5.69 Å². The molecule has 0 fully saturated rings. The largest absolute Gasteiger partial charge is 0.382 e. The Labute approximate surface area is 100 Å². The summed E-state index contributed by atoms with van der Waals surface area (Å²) in [6.07, 6.45) is 5.92. The van der Waals surface area contributed by atoms with Gasteiger partial charge >= 0.3 is 0 Å². The van der Waals surface area contributed by atoms with Gasteiger partial charge in [-0.3, -0.25) is 4.98 Å². The standard InChI is InChI=1S/C12H15N5/c1-17(12-9-15-11(13)8-16-12)7-5-10-4-2-3-6-14-10/h2-4,6,8-9H,5,7H2,1H3,(H2,13,15). The number of anilines is 2. The Kier molecular flexibility index (Phi) is 3.49. The second kappa shape index (κ2) is 5.25. The van der Waals surface area contributed by atoms with Crippen LogP contribution >= 0.6 is 0 Å². The highest BCUT2D eigenvalue weighted by Gasteiger charge is 2.03. The molecule has 0 saturated carbocycles. The van der Waals surface area contributed by atoms with Crippen LogP contribution in [0.3, 0.4) is 0 Å². The zero-order valence-electron chi connectivity index (χ0n) is 9.74. The van der Waals surface area contributed by atoms with E-state index >= 15 is 0 Å². The number of likely N-dealkylation sites (N-methyl/N-ethyl adjacent to an activating group) is 1. The van der Waals surface area contributed by atoms with Crippen molar-refractivity contribution < 1.29 is 0 Å². The first-order valence-electron chi connectivity index (χ1n) is 5.44. The highest BCUT2D eigenvalue weighted by Crippen LogP contribution is 2.08. The minimum Gasteiger partial charge on any atom is -0.382 e. The van der Waals surface area contributed by atoms with Gasteiger partial charge in [-0.25, -0.2) is 9.97 Å². The lowest BCUT2D eigenvalue weighted by Crippen LogP contribution is -2.21. The Bertz CT molecular complexity index is 454. The van der Waals surface area contributed by atoms with Crippen molar-refractivity contribution >= 4 is 11.6 Å². The average Bonchev–Trinajstić information content (AvgIpc) is 2.38. The molecule has 2 aromatic rings. The molecule has 2 rings (SSSR count). The van der Waals surface area contributed by atoms with Gasteiger partial charge in [-0.2, -0.15) is 0 Å².